The summed E-state index contributed by atoms with van der Waals surface area (Å²) in [6, 6.07) is 10.1. The summed E-state index contributed by atoms with van der Waals surface area (Å²) in [6.45, 7) is 5.76. The van der Waals surface area contributed by atoms with Crippen LogP contribution in [0.5, 0.6) is 0 Å². The highest BCUT2D eigenvalue weighted by Crippen LogP contribution is 2.29. The summed E-state index contributed by atoms with van der Waals surface area (Å²) < 4.78 is 7.55. The van der Waals surface area contributed by atoms with E-state index in [9.17, 15) is 0 Å². The van der Waals surface area contributed by atoms with Crippen molar-refractivity contribution in [2.75, 3.05) is 13.2 Å². The van der Waals surface area contributed by atoms with Crippen molar-refractivity contribution < 1.29 is 4.74 Å². The molecule has 1 aliphatic rings. The average Bonchev–Trinajstić information content (AvgIpc) is 3.10. The highest BCUT2D eigenvalue weighted by atomic mass is 16.5. The van der Waals surface area contributed by atoms with Crippen molar-refractivity contribution in [3.8, 4) is 17.3 Å². The zero-order chi connectivity index (χ0) is 14.1. The van der Waals surface area contributed by atoms with Crippen LogP contribution in [-0.4, -0.2) is 23.0 Å². The third-order valence-corrected chi connectivity index (χ3v) is 3.99. The summed E-state index contributed by atoms with van der Waals surface area (Å²) in [5, 5.41) is 13.6. The fourth-order valence-electron chi connectivity index (χ4n) is 2.65. The van der Waals surface area contributed by atoms with Crippen molar-refractivity contribution in [2.45, 2.75) is 26.3 Å². The lowest BCUT2D eigenvalue weighted by molar-refractivity contribution is 0.184. The maximum Gasteiger partial charge on any atom is 0.0991 e. The second-order valence-corrected chi connectivity index (χ2v) is 5.21. The molecule has 102 valence electrons. The fraction of sp³-hybridized carbons (Fsp3) is 0.375. The van der Waals surface area contributed by atoms with E-state index in [4.69, 9.17) is 15.1 Å². The molecule has 20 heavy (non-hydrogen) atoms. The van der Waals surface area contributed by atoms with Gasteiger partial charge in [-0.1, -0.05) is 12.1 Å². The van der Waals surface area contributed by atoms with E-state index in [0.29, 0.717) is 11.6 Å². The van der Waals surface area contributed by atoms with E-state index < -0.39 is 0 Å². The molecule has 1 fully saturated rings. The zero-order valence-corrected chi connectivity index (χ0v) is 11.8. The van der Waals surface area contributed by atoms with Gasteiger partial charge in [0.25, 0.3) is 0 Å². The maximum absolute atomic E-state index is 8.86. The van der Waals surface area contributed by atoms with Crippen LogP contribution >= 0.6 is 0 Å². The Kier molecular flexibility index (Phi) is 3.29. The van der Waals surface area contributed by atoms with Crippen molar-refractivity contribution in [3.05, 3.63) is 41.1 Å². The number of benzene rings is 1. The number of hydrogen-bond acceptors (Lipinski definition) is 3. The van der Waals surface area contributed by atoms with Gasteiger partial charge in [-0.2, -0.15) is 10.4 Å². The summed E-state index contributed by atoms with van der Waals surface area (Å²) in [7, 11) is 0. The van der Waals surface area contributed by atoms with Gasteiger partial charge in [0.15, 0.2) is 0 Å². The molecule has 1 aromatic carbocycles. The van der Waals surface area contributed by atoms with Crippen molar-refractivity contribution in [3.63, 3.8) is 0 Å². The largest absolute Gasteiger partial charge is 0.379 e. The molecule has 3 rings (SSSR count). The van der Waals surface area contributed by atoms with Crippen molar-refractivity contribution in [1.82, 2.24) is 9.78 Å². The molecule has 1 saturated heterocycles. The monoisotopic (exact) mass is 267 g/mol. The third-order valence-electron chi connectivity index (χ3n) is 3.99. The molecule has 0 spiro atoms. The topological polar surface area (TPSA) is 50.8 Å². The van der Waals surface area contributed by atoms with Crippen LogP contribution in [-0.2, 0) is 4.74 Å². The predicted octanol–water partition coefficient (Wildman–Crippen LogP) is 3.00. The van der Waals surface area contributed by atoms with Gasteiger partial charge < -0.3 is 4.74 Å². The molecule has 4 nitrogen and oxygen atoms in total. The minimum Gasteiger partial charge on any atom is -0.379 e. The minimum absolute atomic E-state index is 0.348. The van der Waals surface area contributed by atoms with E-state index in [0.717, 1.165) is 30.9 Å². The molecule has 4 heteroatoms. The van der Waals surface area contributed by atoms with E-state index in [1.807, 2.05) is 24.3 Å². The van der Waals surface area contributed by atoms with Gasteiger partial charge in [-0.15, -0.1) is 0 Å². The van der Waals surface area contributed by atoms with Crippen LogP contribution in [0, 0.1) is 25.2 Å². The SMILES string of the molecule is Cc1c(-c2ccc(C#N)cc2)nn(C2CCOC2)c1C. The first-order valence-electron chi connectivity index (χ1n) is 6.84. The summed E-state index contributed by atoms with van der Waals surface area (Å²) >= 11 is 0. The second-order valence-electron chi connectivity index (χ2n) is 5.21. The van der Waals surface area contributed by atoms with Crippen molar-refractivity contribution in [2.24, 2.45) is 0 Å². The lowest BCUT2D eigenvalue weighted by Gasteiger charge is -2.10. The molecule has 0 amide bonds. The first-order chi connectivity index (χ1) is 9.70. The second kappa shape index (κ2) is 5.10. The number of nitriles is 1. The Labute approximate surface area is 118 Å². The summed E-state index contributed by atoms with van der Waals surface area (Å²) in [5.41, 5.74) is 5.12. The lowest BCUT2D eigenvalue weighted by Crippen LogP contribution is -2.12. The summed E-state index contributed by atoms with van der Waals surface area (Å²) in [5.74, 6) is 0. The van der Waals surface area contributed by atoms with Crippen molar-refractivity contribution in [1.29, 1.82) is 5.26 Å². The van der Waals surface area contributed by atoms with Crippen LogP contribution in [0.1, 0.15) is 29.3 Å². The Hall–Kier alpha value is -2.12. The molecule has 0 aliphatic carbocycles. The highest BCUT2D eigenvalue weighted by molar-refractivity contribution is 5.64. The van der Waals surface area contributed by atoms with Gasteiger partial charge in [0, 0.05) is 17.9 Å². The van der Waals surface area contributed by atoms with Crippen LogP contribution in [0.4, 0.5) is 0 Å². The molecule has 0 saturated carbocycles. The molecular formula is C16H17N3O. The third kappa shape index (κ3) is 2.10. The van der Waals surface area contributed by atoms with E-state index in [1.54, 1.807) is 0 Å². The zero-order valence-electron chi connectivity index (χ0n) is 11.8. The molecular weight excluding hydrogens is 250 g/mol. The first kappa shape index (κ1) is 12.9. The van der Waals surface area contributed by atoms with Gasteiger partial charge in [0.2, 0.25) is 0 Å². The summed E-state index contributed by atoms with van der Waals surface area (Å²) in [6.07, 6.45) is 1.02. The standard InChI is InChI=1S/C16H17N3O/c1-11-12(2)19(15-7-8-20-10-15)18-16(11)14-5-3-13(9-17)4-6-14/h3-6,15H,7-8,10H2,1-2H3. The maximum atomic E-state index is 8.86. The van der Waals surface area contributed by atoms with Gasteiger partial charge in [-0.3, -0.25) is 4.68 Å². The first-order valence-corrected chi connectivity index (χ1v) is 6.84. The van der Waals surface area contributed by atoms with Gasteiger partial charge >= 0.3 is 0 Å². The molecule has 1 aromatic heterocycles. The molecule has 1 aliphatic heterocycles. The van der Waals surface area contributed by atoms with E-state index in [1.165, 1.54) is 11.3 Å². The molecule has 2 heterocycles. The van der Waals surface area contributed by atoms with Crippen LogP contribution in [0.15, 0.2) is 24.3 Å². The summed E-state index contributed by atoms with van der Waals surface area (Å²) in [4.78, 5) is 0. The van der Waals surface area contributed by atoms with Crippen LogP contribution < -0.4 is 0 Å². The quantitative estimate of drug-likeness (QED) is 0.840. The van der Waals surface area contributed by atoms with E-state index >= 15 is 0 Å². The van der Waals surface area contributed by atoms with Gasteiger partial charge in [-0.25, -0.2) is 0 Å². The number of nitrogens with zero attached hydrogens (tertiary/aromatic N) is 3. The molecule has 2 aromatic rings. The van der Waals surface area contributed by atoms with Crippen molar-refractivity contribution >= 4 is 0 Å². The van der Waals surface area contributed by atoms with Gasteiger partial charge in [0.05, 0.1) is 30.0 Å². The molecule has 0 radical (unpaired) electrons. The number of aromatic nitrogens is 2. The Morgan fingerprint density at radius 3 is 2.65 bits per heavy atom. The van der Waals surface area contributed by atoms with Crippen LogP contribution in [0.25, 0.3) is 11.3 Å². The normalized spacial score (nSPS) is 18.1. The van der Waals surface area contributed by atoms with Gasteiger partial charge in [-0.05, 0) is 38.0 Å². The molecule has 1 atom stereocenters. The molecule has 0 N–H and O–H groups in total. The Morgan fingerprint density at radius 2 is 2.05 bits per heavy atom. The lowest BCUT2D eigenvalue weighted by atomic mass is 10.1. The molecule has 0 bridgehead atoms. The molecule has 1 unspecified atom stereocenters. The van der Waals surface area contributed by atoms with E-state index in [2.05, 4.69) is 24.6 Å². The number of rotatable bonds is 2. The Bertz CT molecular complexity index is 658. The minimum atomic E-state index is 0.348. The van der Waals surface area contributed by atoms with Crippen LogP contribution in [0.3, 0.4) is 0 Å². The number of ether oxygens (including phenoxy) is 1. The average molecular weight is 267 g/mol. The fourth-order valence-corrected chi connectivity index (χ4v) is 2.65. The number of hydrogen-bond donors (Lipinski definition) is 0. The van der Waals surface area contributed by atoms with Gasteiger partial charge in [0.1, 0.15) is 0 Å². The van der Waals surface area contributed by atoms with E-state index in [-0.39, 0.29) is 0 Å². The Morgan fingerprint density at radius 1 is 1.30 bits per heavy atom. The smallest absolute Gasteiger partial charge is 0.0991 e. The predicted molar refractivity (Wildman–Crippen MR) is 76.3 cm³/mol. The highest BCUT2D eigenvalue weighted by Gasteiger charge is 2.22. The Balaban J connectivity index is 2.01. The van der Waals surface area contributed by atoms with Crippen LogP contribution in [0.2, 0.25) is 0 Å².